The minimum atomic E-state index is -4.08. The van der Waals surface area contributed by atoms with Gasteiger partial charge in [0.15, 0.2) is 5.60 Å². The lowest BCUT2D eigenvalue weighted by Crippen LogP contribution is -2.41. The number of nitrogens with two attached hydrogens (primary N) is 1. The molecular weight excluding hydrogens is 756 g/mol. The SMILES string of the molecule is Cc1ccc(S(=O)(=O)OC(CN)(c2ccc(Cl)cc2)c2ccc(I)cc2)cc1.c1ccc(P(c2ccccc2)c2ccccc2)cc1. The second-order valence-electron chi connectivity index (χ2n) is 10.7. The molecule has 0 saturated carbocycles. The van der Waals surface area contributed by atoms with Crippen LogP contribution in [0.15, 0.2) is 169 Å². The molecule has 1 unspecified atom stereocenters. The summed E-state index contributed by atoms with van der Waals surface area (Å²) >= 11 is 8.21. The molecule has 1 atom stereocenters. The standard InChI is InChI=1S/C21H19ClINO3S.C18H15P/c1-15-2-12-20(13-3-15)28(25,26)27-21(14-24,16-4-8-18(22)9-5-16)17-6-10-19(23)11-7-17;1-4-10-16(11-5-1)19(17-12-6-2-7-13-17)18-14-8-3-9-15-18/h2-13H,14,24H2,1H3;1-15H. The maximum atomic E-state index is 13.1. The molecule has 2 N–H and O–H groups in total. The van der Waals surface area contributed by atoms with Gasteiger partial charge >= 0.3 is 0 Å². The van der Waals surface area contributed by atoms with E-state index in [4.69, 9.17) is 21.5 Å². The van der Waals surface area contributed by atoms with Crippen LogP contribution in [-0.4, -0.2) is 15.0 Å². The number of halogens is 2. The largest absolute Gasteiger partial charge is 0.327 e. The zero-order chi connectivity index (χ0) is 33.3. The van der Waals surface area contributed by atoms with Gasteiger partial charge in [0.05, 0.1) is 4.90 Å². The maximum Gasteiger partial charge on any atom is 0.298 e. The molecule has 6 rings (SSSR count). The number of benzene rings is 6. The van der Waals surface area contributed by atoms with E-state index < -0.39 is 23.6 Å². The molecule has 0 saturated heterocycles. The fourth-order valence-corrected chi connectivity index (χ4v) is 9.08. The van der Waals surface area contributed by atoms with Gasteiger partial charge in [0.25, 0.3) is 10.1 Å². The molecule has 238 valence electrons. The topological polar surface area (TPSA) is 69.4 Å². The van der Waals surface area contributed by atoms with Crippen molar-refractivity contribution in [2.45, 2.75) is 17.4 Å². The Labute approximate surface area is 297 Å². The van der Waals surface area contributed by atoms with E-state index in [1.165, 1.54) is 28.0 Å². The van der Waals surface area contributed by atoms with E-state index in [1.807, 2.05) is 31.2 Å². The van der Waals surface area contributed by atoms with Gasteiger partial charge in [-0.3, -0.25) is 0 Å². The number of rotatable bonds is 9. The molecule has 0 radical (unpaired) electrons. The Kier molecular flexibility index (Phi) is 12.0. The third-order valence-corrected chi connectivity index (χ3v) is 12.3. The van der Waals surface area contributed by atoms with Crippen LogP contribution in [0.25, 0.3) is 0 Å². The van der Waals surface area contributed by atoms with Gasteiger partial charge in [-0.25, -0.2) is 4.18 Å². The van der Waals surface area contributed by atoms with Crippen LogP contribution >= 0.6 is 42.1 Å². The normalized spacial score (nSPS) is 12.5. The van der Waals surface area contributed by atoms with Crippen molar-refractivity contribution in [1.29, 1.82) is 0 Å². The first-order valence-corrected chi connectivity index (χ1v) is 19.1. The van der Waals surface area contributed by atoms with Crippen LogP contribution in [0.5, 0.6) is 0 Å². The Bertz CT molecular complexity index is 1820. The molecule has 8 heteroatoms. The van der Waals surface area contributed by atoms with Crippen LogP contribution in [0.3, 0.4) is 0 Å². The summed E-state index contributed by atoms with van der Waals surface area (Å²) < 4.78 is 33.1. The summed E-state index contributed by atoms with van der Waals surface area (Å²) in [6.07, 6.45) is 0. The first kappa shape index (κ1) is 35.0. The van der Waals surface area contributed by atoms with Crippen molar-refractivity contribution in [2.24, 2.45) is 5.73 Å². The number of hydrogen-bond donors (Lipinski definition) is 1. The van der Waals surface area contributed by atoms with Gasteiger partial charge in [-0.1, -0.05) is 145 Å². The minimum Gasteiger partial charge on any atom is -0.327 e. The fraction of sp³-hybridized carbons (Fsp3) is 0.0769. The molecule has 0 bridgehead atoms. The second kappa shape index (κ2) is 16.2. The van der Waals surface area contributed by atoms with E-state index in [1.54, 1.807) is 36.4 Å². The van der Waals surface area contributed by atoms with Crippen LogP contribution in [0.2, 0.25) is 5.02 Å². The molecule has 6 aromatic carbocycles. The van der Waals surface area contributed by atoms with Gasteiger partial charge in [0.2, 0.25) is 0 Å². The smallest absolute Gasteiger partial charge is 0.298 e. The quantitative estimate of drug-likeness (QED) is 0.0910. The van der Waals surface area contributed by atoms with E-state index in [0.717, 1.165) is 9.13 Å². The van der Waals surface area contributed by atoms with Crippen molar-refractivity contribution >= 4 is 68.1 Å². The van der Waals surface area contributed by atoms with E-state index in [2.05, 4.69) is 114 Å². The lowest BCUT2D eigenvalue weighted by atomic mass is 9.86. The van der Waals surface area contributed by atoms with Gasteiger partial charge < -0.3 is 5.73 Å². The Morgan fingerprint density at radius 2 is 1.04 bits per heavy atom. The first-order chi connectivity index (χ1) is 22.7. The van der Waals surface area contributed by atoms with Crippen LogP contribution < -0.4 is 21.6 Å². The van der Waals surface area contributed by atoms with Gasteiger partial charge in [0.1, 0.15) is 0 Å². The lowest BCUT2D eigenvalue weighted by Gasteiger charge is -2.33. The molecule has 0 aliphatic rings. The predicted octanol–water partition coefficient (Wildman–Crippen LogP) is 8.31. The molecule has 0 aliphatic carbocycles. The zero-order valence-corrected chi connectivity index (χ0v) is 30.3. The molecular formula is C39H34ClINO3PS. The summed E-state index contributed by atoms with van der Waals surface area (Å²) in [6.45, 7) is 1.82. The second-order valence-corrected chi connectivity index (χ2v) is 16.2. The summed E-state index contributed by atoms with van der Waals surface area (Å²) in [5, 5.41) is 4.73. The van der Waals surface area contributed by atoms with Gasteiger partial charge in [-0.15, -0.1) is 0 Å². The molecule has 0 spiro atoms. The summed E-state index contributed by atoms with van der Waals surface area (Å²) in [5.41, 5.74) is 6.97. The highest BCUT2D eigenvalue weighted by Gasteiger charge is 2.40. The highest BCUT2D eigenvalue weighted by molar-refractivity contribution is 14.1. The number of hydrogen-bond acceptors (Lipinski definition) is 4. The molecule has 0 fully saturated rings. The maximum absolute atomic E-state index is 13.1. The van der Waals surface area contributed by atoms with E-state index in [0.29, 0.717) is 16.1 Å². The summed E-state index contributed by atoms with van der Waals surface area (Å²) in [6, 6.07) is 53.1. The Morgan fingerprint density at radius 1 is 0.638 bits per heavy atom. The zero-order valence-electron chi connectivity index (χ0n) is 25.7. The lowest BCUT2D eigenvalue weighted by molar-refractivity contribution is 0.128. The van der Waals surface area contributed by atoms with Gasteiger partial charge in [0, 0.05) is 15.1 Å². The van der Waals surface area contributed by atoms with Crippen LogP contribution in [0.1, 0.15) is 16.7 Å². The molecule has 4 nitrogen and oxygen atoms in total. The van der Waals surface area contributed by atoms with Crippen LogP contribution in [0.4, 0.5) is 0 Å². The fourth-order valence-electron chi connectivity index (χ4n) is 5.09. The van der Waals surface area contributed by atoms with Crippen molar-refractivity contribution in [3.63, 3.8) is 0 Å². The molecule has 6 aromatic rings. The van der Waals surface area contributed by atoms with Gasteiger partial charge in [-0.2, -0.15) is 8.42 Å². The predicted molar refractivity (Wildman–Crippen MR) is 205 cm³/mol. The highest BCUT2D eigenvalue weighted by Crippen LogP contribution is 2.37. The van der Waals surface area contributed by atoms with Crippen LogP contribution in [-0.2, 0) is 19.9 Å². The van der Waals surface area contributed by atoms with E-state index in [9.17, 15) is 8.42 Å². The van der Waals surface area contributed by atoms with Crippen molar-refractivity contribution in [3.8, 4) is 0 Å². The Morgan fingerprint density at radius 3 is 1.45 bits per heavy atom. The average molecular weight is 790 g/mol. The van der Waals surface area contributed by atoms with E-state index in [-0.39, 0.29) is 11.4 Å². The van der Waals surface area contributed by atoms with Crippen molar-refractivity contribution < 1.29 is 12.6 Å². The van der Waals surface area contributed by atoms with Crippen molar-refractivity contribution in [1.82, 2.24) is 0 Å². The third kappa shape index (κ3) is 8.76. The molecule has 0 amide bonds. The summed E-state index contributed by atoms with van der Waals surface area (Å²) in [4.78, 5) is 0.0791. The molecule has 47 heavy (non-hydrogen) atoms. The minimum absolute atomic E-state index is 0.0691. The van der Waals surface area contributed by atoms with Crippen LogP contribution in [0, 0.1) is 10.5 Å². The molecule has 0 heterocycles. The average Bonchev–Trinajstić information content (AvgIpc) is 3.10. The highest BCUT2D eigenvalue weighted by atomic mass is 127. The summed E-state index contributed by atoms with van der Waals surface area (Å²) in [5.74, 6) is 0. The third-order valence-electron chi connectivity index (χ3n) is 7.51. The molecule has 0 aliphatic heterocycles. The summed E-state index contributed by atoms with van der Waals surface area (Å²) in [7, 11) is -4.52. The molecule has 0 aromatic heterocycles. The first-order valence-electron chi connectivity index (χ1n) is 14.9. The van der Waals surface area contributed by atoms with Crippen molar-refractivity contribution in [3.05, 3.63) is 189 Å². The Hall–Kier alpha value is -3.36. The monoisotopic (exact) mass is 789 g/mol. The van der Waals surface area contributed by atoms with Gasteiger partial charge in [-0.05, 0) is 101 Å². The Balaban J connectivity index is 0.000000198. The number of aryl methyl sites for hydroxylation is 1. The van der Waals surface area contributed by atoms with Crippen molar-refractivity contribution in [2.75, 3.05) is 6.54 Å². The van der Waals surface area contributed by atoms with E-state index >= 15 is 0 Å².